The molecule has 0 bridgehead atoms. The Morgan fingerprint density at radius 3 is 2.42 bits per heavy atom. The molecule has 0 saturated carbocycles. The molecule has 1 fully saturated rings. The minimum Gasteiger partial charge on any atom is -0.497 e. The smallest absolute Gasteiger partial charge is 0.258 e. The number of primary amides is 1. The molecule has 1 aliphatic heterocycles. The molecule has 0 aliphatic carbocycles. The molecule has 2 N–H and O–H groups in total. The lowest BCUT2D eigenvalue weighted by molar-refractivity contribution is -0.118. The van der Waals surface area contributed by atoms with E-state index in [-0.39, 0.29) is 41.8 Å². The Bertz CT molecular complexity index is 1960. The third kappa shape index (κ3) is 8.41. The number of hydrogen-bond donors (Lipinski definition) is 1. The Hall–Kier alpha value is -4.14. The molecule has 0 aromatic heterocycles. The molecule has 4 aromatic carbocycles. The van der Waals surface area contributed by atoms with Crippen molar-refractivity contribution in [3.8, 4) is 17.6 Å². The number of carbonyl (C=O) groups is 2. The molecule has 4 aromatic rings. The maximum Gasteiger partial charge on any atom is 0.258 e. The van der Waals surface area contributed by atoms with E-state index in [0.717, 1.165) is 48.5 Å². The van der Waals surface area contributed by atoms with E-state index in [0.29, 0.717) is 33.0 Å². The summed E-state index contributed by atoms with van der Waals surface area (Å²) < 4.78 is 23.6. The first-order valence-corrected chi connectivity index (χ1v) is 18.6. The molecule has 50 heavy (non-hydrogen) atoms. The normalized spacial score (nSPS) is 14.9. The van der Waals surface area contributed by atoms with Gasteiger partial charge >= 0.3 is 0 Å². The number of likely N-dealkylation sites (tertiary alicyclic amines) is 1. The van der Waals surface area contributed by atoms with Crippen LogP contribution in [0.25, 0.3) is 10.8 Å². The monoisotopic (exact) mass is 734 g/mol. The summed E-state index contributed by atoms with van der Waals surface area (Å²) in [5.74, 6) is -0.260. The number of nitrogens with zero attached hydrogens (tertiary/aromatic N) is 3. The van der Waals surface area contributed by atoms with Crippen molar-refractivity contribution in [1.82, 2.24) is 9.80 Å². The Morgan fingerprint density at radius 2 is 1.78 bits per heavy atom. The van der Waals surface area contributed by atoms with E-state index in [1.54, 1.807) is 37.6 Å². The second-order valence-corrected chi connectivity index (χ2v) is 14.6. The van der Waals surface area contributed by atoms with Gasteiger partial charge in [-0.15, -0.1) is 0 Å². The zero-order valence-corrected chi connectivity index (χ0v) is 30.6. The van der Waals surface area contributed by atoms with E-state index in [1.807, 2.05) is 42.5 Å². The molecule has 0 spiro atoms. The second kappa shape index (κ2) is 16.7. The van der Waals surface area contributed by atoms with Gasteiger partial charge in [0, 0.05) is 23.6 Å². The first-order valence-electron chi connectivity index (χ1n) is 16.3. The highest BCUT2D eigenvalue weighted by Gasteiger charge is 2.30. The number of carbonyl (C=O) groups excluding carboxylic acids is 2. The van der Waals surface area contributed by atoms with Gasteiger partial charge in [0.25, 0.3) is 5.91 Å². The maximum atomic E-state index is 14.5. The zero-order valence-electron chi connectivity index (χ0n) is 28.3. The van der Waals surface area contributed by atoms with Crippen molar-refractivity contribution >= 4 is 56.6 Å². The number of nitriles is 1. The van der Waals surface area contributed by atoms with E-state index in [9.17, 15) is 19.1 Å². The summed E-state index contributed by atoms with van der Waals surface area (Å²) in [7, 11) is 1.88. The lowest BCUT2D eigenvalue weighted by atomic mass is 9.88. The summed E-state index contributed by atoms with van der Waals surface area (Å²) in [5.41, 5.74) is 8.10. The number of methoxy groups -OCH3 is 2. The number of rotatable bonds is 13. The van der Waals surface area contributed by atoms with Crippen LogP contribution in [-0.2, 0) is 15.6 Å². The highest BCUT2D eigenvalue weighted by atomic mass is 35.5. The number of amides is 2. The zero-order chi connectivity index (χ0) is 35.9. The van der Waals surface area contributed by atoms with Gasteiger partial charge in [-0.05, 0) is 97.0 Å². The molecule has 9 nitrogen and oxygen atoms in total. The Kier molecular flexibility index (Phi) is 12.4. The predicted octanol–water partition coefficient (Wildman–Crippen LogP) is 6.75. The fraction of sp³-hybridized carbons (Fsp3) is 0.342. The standard InChI is InChI=1S/C38H40Cl2N4O5S/c1-48-29-9-10-30(34(20-29)50(3)47)24-12-15-43(16-13-24)17-14-27(25-8-11-32(39)33(40)19-25)22-44(23-35(42)45)38(46)36-31-7-5-4-6-26(31)18-28(21-41)37(36)49-2/h4-11,18-20,24,27H,12-17,22-23H2,1-3H3,(H2,42,45)/t27?,50-/m1/s1. The number of piperidine rings is 1. The van der Waals surface area contributed by atoms with Gasteiger partial charge in [-0.3, -0.25) is 13.8 Å². The first kappa shape index (κ1) is 37.1. The van der Waals surface area contributed by atoms with Crippen LogP contribution in [-0.4, -0.2) is 79.0 Å². The quantitative estimate of drug-likeness (QED) is 0.161. The van der Waals surface area contributed by atoms with Gasteiger partial charge in [0.05, 0.1) is 52.7 Å². The van der Waals surface area contributed by atoms with Crippen molar-refractivity contribution in [2.45, 2.75) is 36.0 Å². The maximum absolute atomic E-state index is 14.5. The predicted molar refractivity (Wildman–Crippen MR) is 198 cm³/mol. The average Bonchev–Trinajstić information content (AvgIpc) is 3.12. The van der Waals surface area contributed by atoms with Gasteiger partial charge in [-0.1, -0.05) is 59.6 Å². The van der Waals surface area contributed by atoms with Crippen LogP contribution in [0.4, 0.5) is 0 Å². The van der Waals surface area contributed by atoms with Crippen LogP contribution in [0, 0.1) is 11.3 Å². The first-order chi connectivity index (χ1) is 24.0. The molecule has 5 rings (SSSR count). The summed E-state index contributed by atoms with van der Waals surface area (Å²) in [4.78, 5) is 31.5. The molecule has 2 atom stereocenters. The number of benzene rings is 4. The minimum atomic E-state index is -1.14. The summed E-state index contributed by atoms with van der Waals surface area (Å²) in [5, 5.41) is 12.0. The van der Waals surface area contributed by atoms with Crippen molar-refractivity contribution in [3.63, 3.8) is 0 Å². The Labute approximate surface area is 305 Å². The molecule has 1 saturated heterocycles. The molecular formula is C38H40Cl2N4O5S. The molecule has 2 amide bonds. The summed E-state index contributed by atoms with van der Waals surface area (Å²) in [6, 6.07) is 22.3. The fourth-order valence-electron chi connectivity index (χ4n) is 6.83. The van der Waals surface area contributed by atoms with Crippen molar-refractivity contribution in [2.24, 2.45) is 5.73 Å². The van der Waals surface area contributed by atoms with Gasteiger partial charge < -0.3 is 25.0 Å². The number of halogens is 2. The summed E-state index contributed by atoms with van der Waals surface area (Å²) in [6.45, 7) is 2.23. The summed E-state index contributed by atoms with van der Waals surface area (Å²) in [6.07, 6.45) is 4.15. The number of nitrogens with two attached hydrogens (primary N) is 1. The largest absolute Gasteiger partial charge is 0.497 e. The molecular weight excluding hydrogens is 695 g/mol. The van der Waals surface area contributed by atoms with E-state index in [4.69, 9.17) is 38.4 Å². The second-order valence-electron chi connectivity index (χ2n) is 12.5. The van der Waals surface area contributed by atoms with Crippen LogP contribution in [0.2, 0.25) is 10.0 Å². The van der Waals surface area contributed by atoms with Crippen LogP contribution in [0.15, 0.2) is 71.6 Å². The lowest BCUT2D eigenvalue weighted by Crippen LogP contribution is -2.42. The third-order valence-corrected chi connectivity index (χ3v) is 11.1. The average molecular weight is 736 g/mol. The van der Waals surface area contributed by atoms with Crippen LogP contribution in [0.1, 0.15) is 58.1 Å². The molecule has 262 valence electrons. The van der Waals surface area contributed by atoms with Crippen molar-refractivity contribution in [1.29, 1.82) is 5.26 Å². The van der Waals surface area contributed by atoms with Gasteiger partial charge in [0.15, 0.2) is 0 Å². The van der Waals surface area contributed by atoms with Crippen molar-refractivity contribution in [3.05, 3.63) is 99.0 Å². The van der Waals surface area contributed by atoms with Gasteiger partial charge in [0.2, 0.25) is 5.91 Å². The fourth-order valence-corrected chi connectivity index (χ4v) is 7.99. The van der Waals surface area contributed by atoms with Gasteiger partial charge in [0.1, 0.15) is 17.6 Å². The number of ether oxygens (including phenoxy) is 2. The van der Waals surface area contributed by atoms with Gasteiger partial charge in [-0.2, -0.15) is 5.26 Å². The van der Waals surface area contributed by atoms with Crippen LogP contribution in [0.5, 0.6) is 11.5 Å². The molecule has 1 heterocycles. The molecule has 1 unspecified atom stereocenters. The SMILES string of the molecule is COc1ccc(C2CCN(CCC(CN(CC(N)=O)C(=O)c3c(OC)c(C#N)cc4ccccc34)c3ccc(Cl)c(Cl)c3)CC2)c([S@@](C)=O)c1. The van der Waals surface area contributed by atoms with Crippen molar-refractivity contribution in [2.75, 3.05) is 53.2 Å². The van der Waals surface area contributed by atoms with E-state index < -0.39 is 22.6 Å². The van der Waals surface area contributed by atoms with E-state index in [1.165, 1.54) is 12.0 Å². The van der Waals surface area contributed by atoms with Crippen molar-refractivity contribution < 1.29 is 23.3 Å². The highest BCUT2D eigenvalue weighted by molar-refractivity contribution is 7.84. The summed E-state index contributed by atoms with van der Waals surface area (Å²) >= 11 is 12.8. The Balaban J connectivity index is 1.41. The topological polar surface area (TPSA) is 126 Å². The molecule has 1 aliphatic rings. The number of fused-ring (bicyclic) bond motifs is 1. The third-order valence-electron chi connectivity index (χ3n) is 9.38. The highest BCUT2D eigenvalue weighted by Crippen LogP contribution is 2.36. The van der Waals surface area contributed by atoms with Crippen LogP contribution in [0.3, 0.4) is 0 Å². The van der Waals surface area contributed by atoms with Gasteiger partial charge in [-0.25, -0.2) is 0 Å². The lowest BCUT2D eigenvalue weighted by Gasteiger charge is -2.34. The molecule has 0 radical (unpaired) electrons. The van der Waals surface area contributed by atoms with Crippen LogP contribution >= 0.6 is 23.2 Å². The Morgan fingerprint density at radius 1 is 1.04 bits per heavy atom. The van der Waals surface area contributed by atoms with E-state index >= 15 is 0 Å². The minimum absolute atomic E-state index is 0.145. The van der Waals surface area contributed by atoms with Crippen LogP contribution < -0.4 is 15.2 Å². The number of hydrogen-bond acceptors (Lipinski definition) is 7. The molecule has 12 heteroatoms. The van der Waals surface area contributed by atoms with E-state index in [2.05, 4.69) is 11.0 Å².